The molecule has 0 radical (unpaired) electrons. The second-order valence-electron chi connectivity index (χ2n) is 6.77. The number of amides is 2. The lowest BCUT2D eigenvalue weighted by Crippen LogP contribution is -2.32. The maximum atomic E-state index is 11.8. The molecule has 0 atom stereocenters. The van der Waals surface area contributed by atoms with Gasteiger partial charge in [0.05, 0.1) is 0 Å². The summed E-state index contributed by atoms with van der Waals surface area (Å²) in [6.07, 6.45) is 6.10. The first-order valence-electron chi connectivity index (χ1n) is 9.68. The molecule has 0 spiro atoms. The third kappa shape index (κ3) is 7.12. The molecule has 0 unspecified atom stereocenters. The Morgan fingerprint density at radius 2 is 1.13 bits per heavy atom. The van der Waals surface area contributed by atoms with E-state index < -0.39 is 22.6 Å². The maximum absolute atomic E-state index is 11.8. The topological polar surface area (TPSA) is 143 Å². The van der Waals surface area contributed by atoms with E-state index in [1.165, 1.54) is 36.7 Å². The summed E-state index contributed by atoms with van der Waals surface area (Å²) >= 11 is 0. The van der Waals surface area contributed by atoms with Crippen LogP contribution in [-0.4, -0.2) is 44.3 Å². The predicted molar refractivity (Wildman–Crippen MR) is 109 cm³/mol. The molecule has 10 nitrogen and oxygen atoms in total. The van der Waals surface area contributed by atoms with Gasteiger partial charge in [0.2, 0.25) is 11.8 Å². The fourth-order valence-corrected chi connectivity index (χ4v) is 2.78. The third-order valence-corrected chi connectivity index (χ3v) is 4.38. The number of nitrogens with zero attached hydrogens (tertiary/aromatic N) is 2. The average molecular weight is 418 g/mol. The summed E-state index contributed by atoms with van der Waals surface area (Å²) in [5.41, 5.74) is -1.22. The van der Waals surface area contributed by atoms with Crippen LogP contribution in [0.25, 0.3) is 0 Å². The molecule has 162 valence electrons. The van der Waals surface area contributed by atoms with Crippen molar-refractivity contribution in [3.8, 4) is 11.5 Å². The number of unbranched alkanes of at least 4 members (excludes halogenated alkanes) is 3. The van der Waals surface area contributed by atoms with Crippen LogP contribution in [0.3, 0.4) is 0 Å². The smallest absolute Gasteiger partial charge is 0.293 e. The molecule has 0 aliphatic carbocycles. The molecule has 2 amide bonds. The summed E-state index contributed by atoms with van der Waals surface area (Å²) in [7, 11) is 0. The summed E-state index contributed by atoms with van der Waals surface area (Å²) in [4.78, 5) is 47.0. The number of rotatable bonds is 11. The monoisotopic (exact) mass is 418 g/mol. The molecule has 0 saturated heterocycles. The zero-order valence-corrected chi connectivity index (χ0v) is 16.5. The summed E-state index contributed by atoms with van der Waals surface area (Å²) < 4.78 is 2.27. The van der Waals surface area contributed by atoms with Crippen molar-refractivity contribution >= 4 is 11.8 Å². The zero-order chi connectivity index (χ0) is 21.9. The number of aromatic hydroxyl groups is 2. The van der Waals surface area contributed by atoms with Crippen molar-refractivity contribution in [2.45, 2.75) is 38.8 Å². The lowest BCUT2D eigenvalue weighted by atomic mass is 10.2. The molecular weight excluding hydrogens is 392 g/mol. The molecule has 2 heterocycles. The summed E-state index contributed by atoms with van der Waals surface area (Å²) in [6, 6.07) is 5.52. The van der Waals surface area contributed by atoms with Crippen LogP contribution in [0.15, 0.2) is 46.2 Å². The molecule has 2 rings (SSSR count). The SMILES string of the molecule is O=C(Cn1cccc(O)c1=O)NCCCCCCNC(=O)Cn1cccc(O)c1=O. The van der Waals surface area contributed by atoms with Gasteiger partial charge >= 0.3 is 0 Å². The van der Waals surface area contributed by atoms with Gasteiger partial charge in [-0.1, -0.05) is 12.8 Å². The second-order valence-corrected chi connectivity index (χ2v) is 6.77. The van der Waals surface area contributed by atoms with Gasteiger partial charge in [-0.3, -0.25) is 19.2 Å². The Kier molecular flexibility index (Phi) is 8.67. The number of hydrogen-bond donors (Lipinski definition) is 4. The molecule has 0 aliphatic heterocycles. The van der Waals surface area contributed by atoms with Gasteiger partial charge in [-0.05, 0) is 37.1 Å². The van der Waals surface area contributed by atoms with E-state index in [2.05, 4.69) is 10.6 Å². The Morgan fingerprint density at radius 1 is 0.733 bits per heavy atom. The van der Waals surface area contributed by atoms with Gasteiger partial charge < -0.3 is 30.0 Å². The Hall–Kier alpha value is -3.56. The molecule has 2 aromatic heterocycles. The Bertz CT molecular complexity index is 902. The van der Waals surface area contributed by atoms with Crippen molar-refractivity contribution in [1.29, 1.82) is 0 Å². The van der Waals surface area contributed by atoms with E-state index >= 15 is 0 Å². The second kappa shape index (κ2) is 11.4. The number of pyridine rings is 2. The van der Waals surface area contributed by atoms with Crippen molar-refractivity contribution < 1.29 is 19.8 Å². The Balaban J connectivity index is 1.53. The summed E-state index contributed by atoms with van der Waals surface area (Å²) in [5, 5.41) is 24.1. The zero-order valence-electron chi connectivity index (χ0n) is 16.5. The van der Waals surface area contributed by atoms with Crippen LogP contribution in [0, 0.1) is 0 Å². The third-order valence-electron chi connectivity index (χ3n) is 4.38. The molecule has 2 aromatic rings. The number of nitrogens with one attached hydrogen (secondary N) is 2. The van der Waals surface area contributed by atoms with Gasteiger partial charge in [0.1, 0.15) is 13.1 Å². The summed E-state index contributed by atoms with van der Waals surface area (Å²) in [6.45, 7) is 0.640. The van der Waals surface area contributed by atoms with E-state index in [0.29, 0.717) is 13.1 Å². The fraction of sp³-hybridized carbons (Fsp3) is 0.400. The first-order chi connectivity index (χ1) is 14.4. The number of hydrogen-bond acceptors (Lipinski definition) is 6. The number of carbonyl (C=O) groups is 2. The van der Waals surface area contributed by atoms with E-state index in [0.717, 1.165) is 34.8 Å². The van der Waals surface area contributed by atoms with Gasteiger partial charge in [-0.25, -0.2) is 0 Å². The van der Waals surface area contributed by atoms with Crippen LogP contribution in [0.4, 0.5) is 0 Å². The molecule has 10 heteroatoms. The standard InChI is InChI=1S/C20H26N4O6/c25-15-7-5-11-23(19(15)29)13-17(27)21-9-3-1-2-4-10-22-18(28)14-24-12-6-8-16(26)20(24)30/h5-8,11-12,25-26H,1-4,9-10,13-14H2,(H,21,27)(H,22,28). The lowest BCUT2D eigenvalue weighted by molar-refractivity contribution is -0.122. The highest BCUT2D eigenvalue weighted by atomic mass is 16.3. The van der Waals surface area contributed by atoms with Crippen molar-refractivity contribution in [2.24, 2.45) is 0 Å². The first kappa shape index (κ1) is 22.7. The fourth-order valence-electron chi connectivity index (χ4n) is 2.78. The van der Waals surface area contributed by atoms with E-state index in [1.54, 1.807) is 0 Å². The van der Waals surface area contributed by atoms with Crippen molar-refractivity contribution in [3.05, 3.63) is 57.4 Å². The highest BCUT2D eigenvalue weighted by Crippen LogP contribution is 2.00. The van der Waals surface area contributed by atoms with Crippen LogP contribution in [0.1, 0.15) is 25.7 Å². The van der Waals surface area contributed by atoms with E-state index in [9.17, 15) is 29.4 Å². The van der Waals surface area contributed by atoms with Crippen LogP contribution < -0.4 is 21.8 Å². The molecule has 0 saturated carbocycles. The molecular formula is C20H26N4O6. The summed E-state index contributed by atoms with van der Waals surface area (Å²) in [5.74, 6) is -1.41. The molecule has 0 aromatic carbocycles. The van der Waals surface area contributed by atoms with E-state index in [4.69, 9.17) is 0 Å². The first-order valence-corrected chi connectivity index (χ1v) is 9.68. The van der Waals surface area contributed by atoms with Crippen LogP contribution >= 0.6 is 0 Å². The molecule has 0 fully saturated rings. The highest BCUT2D eigenvalue weighted by Gasteiger charge is 2.07. The molecule has 30 heavy (non-hydrogen) atoms. The van der Waals surface area contributed by atoms with Crippen LogP contribution in [0.5, 0.6) is 11.5 Å². The van der Waals surface area contributed by atoms with Gasteiger partial charge in [0.25, 0.3) is 11.1 Å². The lowest BCUT2D eigenvalue weighted by Gasteiger charge is -2.08. The van der Waals surface area contributed by atoms with E-state index in [1.807, 2.05) is 0 Å². The molecule has 0 aliphatic rings. The minimum Gasteiger partial charge on any atom is -0.503 e. The quantitative estimate of drug-likeness (QED) is 0.376. The highest BCUT2D eigenvalue weighted by molar-refractivity contribution is 5.76. The van der Waals surface area contributed by atoms with Gasteiger partial charge in [-0.15, -0.1) is 0 Å². The van der Waals surface area contributed by atoms with Gasteiger partial charge in [-0.2, -0.15) is 0 Å². The van der Waals surface area contributed by atoms with Gasteiger partial charge in [0, 0.05) is 25.5 Å². The van der Waals surface area contributed by atoms with Crippen molar-refractivity contribution in [3.63, 3.8) is 0 Å². The van der Waals surface area contributed by atoms with E-state index in [-0.39, 0.29) is 24.9 Å². The largest absolute Gasteiger partial charge is 0.503 e. The Labute approximate surface area is 172 Å². The van der Waals surface area contributed by atoms with Gasteiger partial charge in [0.15, 0.2) is 11.5 Å². The van der Waals surface area contributed by atoms with Crippen molar-refractivity contribution in [2.75, 3.05) is 13.1 Å². The average Bonchev–Trinajstić information content (AvgIpc) is 2.71. The minimum absolute atomic E-state index is 0.151. The number of carbonyl (C=O) groups excluding carboxylic acids is 2. The minimum atomic E-state index is -0.608. The molecule has 0 bridgehead atoms. The Morgan fingerprint density at radius 3 is 1.53 bits per heavy atom. The number of aromatic nitrogens is 2. The van der Waals surface area contributed by atoms with Crippen molar-refractivity contribution in [1.82, 2.24) is 19.8 Å². The molecule has 4 N–H and O–H groups in total. The predicted octanol–water partition coefficient (Wildman–Crippen LogP) is -0.0858. The normalized spacial score (nSPS) is 10.5. The maximum Gasteiger partial charge on any atom is 0.293 e. The van der Waals surface area contributed by atoms with Crippen LogP contribution in [-0.2, 0) is 22.7 Å². The van der Waals surface area contributed by atoms with Crippen LogP contribution in [0.2, 0.25) is 0 Å².